The summed E-state index contributed by atoms with van der Waals surface area (Å²) >= 11 is 1.61. The first-order chi connectivity index (χ1) is 8.99. The van der Waals surface area contributed by atoms with Crippen molar-refractivity contribution in [2.24, 2.45) is 0 Å². The molecule has 19 heavy (non-hydrogen) atoms. The normalized spacial score (nSPS) is 12.1. The molecule has 0 spiro atoms. The molecule has 1 atom stereocenters. The van der Waals surface area contributed by atoms with Crippen molar-refractivity contribution < 1.29 is 10.0 Å². The third-order valence-electron chi connectivity index (χ3n) is 2.85. The van der Waals surface area contributed by atoms with Crippen molar-refractivity contribution in [2.75, 3.05) is 5.32 Å². The lowest BCUT2D eigenvalue weighted by atomic mass is 10.1. The Kier molecular flexibility index (Phi) is 3.71. The summed E-state index contributed by atoms with van der Waals surface area (Å²) in [5, 5.41) is 25.4. The zero-order valence-electron chi connectivity index (χ0n) is 10.6. The number of thiophene rings is 1. The molecule has 0 aliphatic carbocycles. The molecule has 0 bridgehead atoms. The van der Waals surface area contributed by atoms with Crippen LogP contribution in [0.5, 0.6) is 5.75 Å². The number of aromatic hydroxyl groups is 1. The van der Waals surface area contributed by atoms with E-state index in [4.69, 9.17) is 0 Å². The Morgan fingerprint density at radius 2 is 2.16 bits per heavy atom. The summed E-state index contributed by atoms with van der Waals surface area (Å²) < 4.78 is 0. The van der Waals surface area contributed by atoms with Gasteiger partial charge in [0.05, 0.1) is 17.0 Å². The zero-order chi connectivity index (χ0) is 14.0. The Balaban J connectivity index is 2.29. The van der Waals surface area contributed by atoms with E-state index in [1.807, 2.05) is 25.3 Å². The third kappa shape index (κ3) is 2.85. The summed E-state index contributed by atoms with van der Waals surface area (Å²) in [6, 6.07) is 6.10. The van der Waals surface area contributed by atoms with Crippen molar-refractivity contribution in [2.45, 2.75) is 19.9 Å². The minimum atomic E-state index is -0.504. The van der Waals surface area contributed by atoms with Gasteiger partial charge in [0.15, 0.2) is 0 Å². The fourth-order valence-electron chi connectivity index (χ4n) is 1.92. The second kappa shape index (κ2) is 5.27. The number of nitro benzene ring substituents is 1. The maximum absolute atomic E-state index is 11.0. The third-order valence-corrected chi connectivity index (χ3v) is 4.05. The Hall–Kier alpha value is -2.08. The quantitative estimate of drug-likeness (QED) is 0.506. The molecule has 100 valence electrons. The predicted octanol–water partition coefficient (Wildman–Crippen LogP) is 3.84. The Morgan fingerprint density at radius 1 is 1.42 bits per heavy atom. The van der Waals surface area contributed by atoms with Crippen LogP contribution in [0.4, 0.5) is 11.4 Å². The number of anilines is 1. The van der Waals surface area contributed by atoms with Gasteiger partial charge in [-0.2, -0.15) is 0 Å². The average Bonchev–Trinajstić information content (AvgIpc) is 2.77. The van der Waals surface area contributed by atoms with Gasteiger partial charge in [0.2, 0.25) is 0 Å². The SMILES string of the molecule is Cc1ccsc1C(C)Nc1ccc(O)cc1[N+](=O)[O-]. The molecule has 1 aromatic heterocycles. The van der Waals surface area contributed by atoms with Crippen LogP contribution in [-0.2, 0) is 0 Å². The Labute approximate surface area is 114 Å². The van der Waals surface area contributed by atoms with E-state index in [0.29, 0.717) is 5.69 Å². The first kappa shape index (κ1) is 13.4. The lowest BCUT2D eigenvalue weighted by molar-refractivity contribution is -0.384. The van der Waals surface area contributed by atoms with Gasteiger partial charge >= 0.3 is 0 Å². The molecular weight excluding hydrogens is 264 g/mol. The lowest BCUT2D eigenvalue weighted by Crippen LogP contribution is -2.07. The monoisotopic (exact) mass is 278 g/mol. The number of hydrogen-bond acceptors (Lipinski definition) is 5. The van der Waals surface area contributed by atoms with Gasteiger partial charge in [0.1, 0.15) is 11.4 Å². The molecule has 2 rings (SSSR count). The standard InChI is InChI=1S/C13H14N2O3S/c1-8-5-6-19-13(8)9(2)14-11-4-3-10(16)7-12(11)15(17)18/h3-7,9,14,16H,1-2H3. The van der Waals surface area contributed by atoms with Crippen molar-refractivity contribution in [3.05, 3.63) is 50.2 Å². The van der Waals surface area contributed by atoms with Gasteiger partial charge in [-0.05, 0) is 43.0 Å². The van der Waals surface area contributed by atoms with Crippen molar-refractivity contribution in [1.82, 2.24) is 0 Å². The van der Waals surface area contributed by atoms with Crippen LogP contribution < -0.4 is 5.32 Å². The van der Waals surface area contributed by atoms with Crippen LogP contribution in [0, 0.1) is 17.0 Å². The van der Waals surface area contributed by atoms with Crippen LogP contribution in [0.2, 0.25) is 0 Å². The van der Waals surface area contributed by atoms with Gasteiger partial charge in [-0.15, -0.1) is 11.3 Å². The van der Waals surface area contributed by atoms with Crippen molar-refractivity contribution in [1.29, 1.82) is 0 Å². The van der Waals surface area contributed by atoms with E-state index in [1.165, 1.54) is 12.1 Å². The number of phenols is 1. The maximum Gasteiger partial charge on any atom is 0.296 e. The average molecular weight is 278 g/mol. The molecule has 1 aromatic carbocycles. The minimum absolute atomic E-state index is 0.0248. The number of rotatable bonds is 4. The second-order valence-corrected chi connectivity index (χ2v) is 5.24. The van der Waals surface area contributed by atoms with Crippen LogP contribution in [-0.4, -0.2) is 10.0 Å². The summed E-state index contributed by atoms with van der Waals surface area (Å²) in [5.74, 6) is -0.114. The smallest absolute Gasteiger partial charge is 0.296 e. The first-order valence-electron chi connectivity index (χ1n) is 5.77. The molecule has 1 heterocycles. The summed E-state index contributed by atoms with van der Waals surface area (Å²) in [6.45, 7) is 3.96. The van der Waals surface area contributed by atoms with E-state index >= 15 is 0 Å². The highest BCUT2D eigenvalue weighted by molar-refractivity contribution is 7.10. The Morgan fingerprint density at radius 3 is 2.74 bits per heavy atom. The fourth-order valence-corrected chi connectivity index (χ4v) is 2.86. The van der Waals surface area contributed by atoms with Gasteiger partial charge in [-0.25, -0.2) is 0 Å². The second-order valence-electron chi connectivity index (χ2n) is 4.29. The highest BCUT2D eigenvalue weighted by Crippen LogP contribution is 2.33. The molecule has 0 amide bonds. The van der Waals surface area contributed by atoms with Crippen LogP contribution in [0.3, 0.4) is 0 Å². The first-order valence-corrected chi connectivity index (χ1v) is 6.65. The van der Waals surface area contributed by atoms with Gasteiger partial charge in [0.25, 0.3) is 5.69 Å². The minimum Gasteiger partial charge on any atom is -0.508 e. The molecule has 2 N–H and O–H groups in total. The summed E-state index contributed by atoms with van der Waals surface area (Å²) in [4.78, 5) is 11.6. The van der Waals surface area contributed by atoms with E-state index in [-0.39, 0.29) is 17.5 Å². The number of phenolic OH excluding ortho intramolecular Hbond substituents is 1. The van der Waals surface area contributed by atoms with Gasteiger partial charge in [0, 0.05) is 4.88 Å². The van der Waals surface area contributed by atoms with E-state index in [2.05, 4.69) is 5.32 Å². The molecule has 5 nitrogen and oxygen atoms in total. The number of nitro groups is 1. The van der Waals surface area contributed by atoms with Crippen molar-refractivity contribution in [3.63, 3.8) is 0 Å². The number of aryl methyl sites for hydroxylation is 1. The van der Waals surface area contributed by atoms with E-state index in [9.17, 15) is 15.2 Å². The highest BCUT2D eigenvalue weighted by Gasteiger charge is 2.18. The lowest BCUT2D eigenvalue weighted by Gasteiger charge is -2.15. The highest BCUT2D eigenvalue weighted by atomic mass is 32.1. The molecule has 6 heteroatoms. The fraction of sp³-hybridized carbons (Fsp3) is 0.231. The molecule has 2 aromatic rings. The summed E-state index contributed by atoms with van der Waals surface area (Å²) in [7, 11) is 0. The molecular formula is C13H14N2O3S. The van der Waals surface area contributed by atoms with Crippen molar-refractivity contribution >= 4 is 22.7 Å². The largest absolute Gasteiger partial charge is 0.508 e. The van der Waals surface area contributed by atoms with Gasteiger partial charge < -0.3 is 10.4 Å². The Bertz CT molecular complexity index is 610. The summed E-state index contributed by atoms with van der Waals surface area (Å²) in [5.41, 5.74) is 1.44. The number of benzene rings is 1. The molecule has 0 fully saturated rings. The summed E-state index contributed by atoms with van der Waals surface area (Å²) in [6.07, 6.45) is 0. The zero-order valence-corrected chi connectivity index (χ0v) is 11.4. The predicted molar refractivity (Wildman–Crippen MR) is 75.9 cm³/mol. The van der Waals surface area contributed by atoms with E-state index < -0.39 is 4.92 Å². The van der Waals surface area contributed by atoms with Crippen LogP contribution in [0.15, 0.2) is 29.6 Å². The molecule has 1 unspecified atom stereocenters. The molecule has 0 radical (unpaired) electrons. The molecule has 0 saturated carbocycles. The van der Waals surface area contributed by atoms with Crippen LogP contribution in [0.1, 0.15) is 23.4 Å². The van der Waals surface area contributed by atoms with E-state index in [1.54, 1.807) is 11.3 Å². The molecule has 0 aliphatic heterocycles. The van der Waals surface area contributed by atoms with Gasteiger partial charge in [-0.3, -0.25) is 10.1 Å². The number of nitrogens with one attached hydrogen (secondary N) is 1. The van der Waals surface area contributed by atoms with Gasteiger partial charge in [-0.1, -0.05) is 0 Å². The van der Waals surface area contributed by atoms with Crippen LogP contribution in [0.25, 0.3) is 0 Å². The van der Waals surface area contributed by atoms with E-state index in [0.717, 1.165) is 16.5 Å². The number of hydrogen-bond donors (Lipinski definition) is 2. The molecule has 0 aliphatic rings. The van der Waals surface area contributed by atoms with Crippen LogP contribution >= 0.6 is 11.3 Å². The number of nitrogens with zero attached hydrogens (tertiary/aromatic N) is 1. The topological polar surface area (TPSA) is 75.4 Å². The van der Waals surface area contributed by atoms with Crippen molar-refractivity contribution in [3.8, 4) is 5.75 Å². The maximum atomic E-state index is 11.0. The molecule has 0 saturated heterocycles.